The predicted octanol–water partition coefficient (Wildman–Crippen LogP) is 2.09. The Balaban J connectivity index is 1.86. The molecule has 1 saturated carbocycles. The summed E-state index contributed by atoms with van der Waals surface area (Å²) < 4.78 is 5.33. The number of thiocarbonyl (C=S) groups is 1. The van der Waals surface area contributed by atoms with Crippen molar-refractivity contribution in [2.75, 3.05) is 11.9 Å². The number of nitrogens with one attached hydrogen (secondary N) is 1. The van der Waals surface area contributed by atoms with Crippen molar-refractivity contribution < 1.29 is 9.53 Å². The molecule has 18 heavy (non-hydrogen) atoms. The molecule has 3 N–H and O–H groups in total. The molecule has 1 amide bonds. The molecule has 1 aliphatic rings. The number of carbonyl (C=O) groups is 1. The van der Waals surface area contributed by atoms with Crippen molar-refractivity contribution in [3.8, 4) is 5.75 Å². The highest BCUT2D eigenvalue weighted by Gasteiger charge is 2.24. The lowest BCUT2D eigenvalue weighted by Gasteiger charge is -2.24. The van der Waals surface area contributed by atoms with Crippen molar-refractivity contribution in [3.05, 3.63) is 24.3 Å². The predicted molar refractivity (Wildman–Crippen MR) is 74.7 cm³/mol. The van der Waals surface area contributed by atoms with Crippen LogP contribution >= 0.6 is 12.2 Å². The molecule has 1 fully saturated rings. The molecule has 1 aromatic rings. The van der Waals surface area contributed by atoms with Crippen LogP contribution in [0.15, 0.2) is 24.3 Å². The van der Waals surface area contributed by atoms with E-state index in [9.17, 15) is 4.79 Å². The summed E-state index contributed by atoms with van der Waals surface area (Å²) in [5.74, 6) is 0.984. The third-order valence-electron chi connectivity index (χ3n) is 2.98. The minimum atomic E-state index is 0.109. The molecule has 0 aromatic heterocycles. The van der Waals surface area contributed by atoms with E-state index in [0.717, 1.165) is 24.9 Å². The highest BCUT2D eigenvalue weighted by atomic mass is 32.1. The first kappa shape index (κ1) is 12.8. The van der Waals surface area contributed by atoms with Crippen LogP contribution in [0, 0.1) is 5.92 Å². The van der Waals surface area contributed by atoms with Crippen molar-refractivity contribution in [2.24, 2.45) is 11.7 Å². The van der Waals surface area contributed by atoms with Gasteiger partial charge < -0.3 is 15.8 Å². The average Bonchev–Trinajstić information content (AvgIpc) is 2.25. The van der Waals surface area contributed by atoms with E-state index < -0.39 is 0 Å². The summed E-state index contributed by atoms with van der Waals surface area (Å²) in [7, 11) is 0. The lowest BCUT2D eigenvalue weighted by atomic mass is 9.85. The van der Waals surface area contributed by atoms with Crippen LogP contribution in [0.1, 0.15) is 19.3 Å². The third kappa shape index (κ3) is 3.43. The molecule has 0 heterocycles. The lowest BCUT2D eigenvalue weighted by Crippen LogP contribution is -2.27. The van der Waals surface area contributed by atoms with E-state index in [1.807, 2.05) is 12.1 Å². The van der Waals surface area contributed by atoms with Gasteiger partial charge in [0, 0.05) is 11.6 Å². The van der Waals surface area contributed by atoms with Gasteiger partial charge in [-0.3, -0.25) is 4.79 Å². The maximum Gasteiger partial charge on any atom is 0.227 e. The minimum absolute atomic E-state index is 0.109. The normalized spacial score (nSPS) is 14.7. The number of hydrogen-bond donors (Lipinski definition) is 2. The number of amides is 1. The minimum Gasteiger partial charge on any atom is -0.487 e. The second kappa shape index (κ2) is 5.82. The second-order valence-corrected chi connectivity index (χ2v) is 4.92. The molecule has 4 nitrogen and oxygen atoms in total. The van der Waals surface area contributed by atoms with Crippen LogP contribution < -0.4 is 15.8 Å². The maximum absolute atomic E-state index is 11.7. The molecule has 0 spiro atoms. The van der Waals surface area contributed by atoms with Crippen LogP contribution in [0.25, 0.3) is 0 Å². The molecule has 0 atom stereocenters. The number of carbonyl (C=O) groups excluding carboxylic acids is 1. The van der Waals surface area contributed by atoms with E-state index in [0.29, 0.717) is 10.7 Å². The molecular formula is C13H16N2O2S. The number of benzene rings is 1. The molecule has 0 radical (unpaired) electrons. The smallest absolute Gasteiger partial charge is 0.227 e. The van der Waals surface area contributed by atoms with Gasteiger partial charge in [0.15, 0.2) is 0 Å². The fourth-order valence-corrected chi connectivity index (χ4v) is 1.76. The SMILES string of the molecule is NC(=S)COc1ccc(NC(=O)C2CCC2)cc1. The van der Waals surface area contributed by atoms with E-state index in [4.69, 9.17) is 22.7 Å². The van der Waals surface area contributed by atoms with Gasteiger partial charge in [-0.05, 0) is 37.1 Å². The van der Waals surface area contributed by atoms with Gasteiger partial charge in [-0.1, -0.05) is 18.6 Å². The van der Waals surface area contributed by atoms with Crippen molar-refractivity contribution in [2.45, 2.75) is 19.3 Å². The summed E-state index contributed by atoms with van der Waals surface area (Å²) in [5, 5.41) is 2.89. The first-order chi connectivity index (χ1) is 8.65. The molecule has 2 rings (SSSR count). The summed E-state index contributed by atoms with van der Waals surface area (Å²) in [6.45, 7) is 0.225. The van der Waals surface area contributed by atoms with Gasteiger partial charge in [-0.25, -0.2) is 0 Å². The molecule has 1 aromatic carbocycles. The lowest BCUT2D eigenvalue weighted by molar-refractivity contribution is -0.122. The quantitative estimate of drug-likeness (QED) is 0.799. The van der Waals surface area contributed by atoms with Crippen LogP contribution in [-0.2, 0) is 4.79 Å². The summed E-state index contributed by atoms with van der Waals surface area (Å²) in [5.41, 5.74) is 6.13. The van der Waals surface area contributed by atoms with Crippen molar-refractivity contribution in [1.82, 2.24) is 0 Å². The molecule has 96 valence electrons. The summed E-state index contributed by atoms with van der Waals surface area (Å²) in [4.78, 5) is 12.0. The van der Waals surface area contributed by atoms with Gasteiger partial charge >= 0.3 is 0 Å². The Bertz CT molecular complexity index is 441. The first-order valence-corrected chi connectivity index (χ1v) is 6.38. The van der Waals surface area contributed by atoms with E-state index in [1.165, 1.54) is 0 Å². The maximum atomic E-state index is 11.7. The van der Waals surface area contributed by atoms with Crippen LogP contribution in [0.5, 0.6) is 5.75 Å². The molecule has 1 aliphatic carbocycles. The summed E-state index contributed by atoms with van der Waals surface area (Å²) >= 11 is 4.72. The number of anilines is 1. The zero-order valence-electron chi connectivity index (χ0n) is 10.0. The van der Waals surface area contributed by atoms with E-state index in [-0.39, 0.29) is 18.4 Å². The number of nitrogens with two attached hydrogens (primary N) is 1. The third-order valence-corrected chi connectivity index (χ3v) is 3.10. The molecule has 5 heteroatoms. The van der Waals surface area contributed by atoms with Gasteiger partial charge in [0.25, 0.3) is 0 Å². The largest absolute Gasteiger partial charge is 0.487 e. The Kier molecular flexibility index (Phi) is 4.15. The van der Waals surface area contributed by atoms with Crippen molar-refractivity contribution in [3.63, 3.8) is 0 Å². The number of ether oxygens (including phenoxy) is 1. The Morgan fingerprint density at radius 1 is 1.39 bits per heavy atom. The fraction of sp³-hybridized carbons (Fsp3) is 0.385. The monoisotopic (exact) mass is 264 g/mol. The van der Waals surface area contributed by atoms with Crippen LogP contribution in [0.2, 0.25) is 0 Å². The Morgan fingerprint density at radius 3 is 2.56 bits per heavy atom. The van der Waals surface area contributed by atoms with Gasteiger partial charge in [-0.15, -0.1) is 0 Å². The second-order valence-electron chi connectivity index (χ2n) is 4.40. The van der Waals surface area contributed by atoms with Gasteiger partial charge in [0.1, 0.15) is 17.3 Å². The van der Waals surface area contributed by atoms with Crippen molar-refractivity contribution in [1.29, 1.82) is 0 Å². The van der Waals surface area contributed by atoms with Crippen LogP contribution in [0.3, 0.4) is 0 Å². The molecule has 0 unspecified atom stereocenters. The standard InChI is InChI=1S/C13H16N2O2S/c14-12(18)8-17-11-6-4-10(5-7-11)15-13(16)9-2-1-3-9/h4-7,9H,1-3,8H2,(H2,14,18)(H,15,16). The zero-order chi connectivity index (χ0) is 13.0. The van der Waals surface area contributed by atoms with Gasteiger partial charge in [0.2, 0.25) is 5.91 Å². The Morgan fingerprint density at radius 2 is 2.06 bits per heavy atom. The van der Waals surface area contributed by atoms with E-state index in [2.05, 4.69) is 5.32 Å². The number of hydrogen-bond acceptors (Lipinski definition) is 3. The molecule has 0 aliphatic heterocycles. The summed E-state index contributed by atoms with van der Waals surface area (Å²) in [6.07, 6.45) is 3.16. The first-order valence-electron chi connectivity index (χ1n) is 5.97. The van der Waals surface area contributed by atoms with E-state index >= 15 is 0 Å². The zero-order valence-corrected chi connectivity index (χ0v) is 10.8. The molecular weight excluding hydrogens is 248 g/mol. The van der Waals surface area contributed by atoms with Crippen molar-refractivity contribution >= 4 is 28.8 Å². The van der Waals surface area contributed by atoms with Gasteiger partial charge in [0.05, 0.1) is 0 Å². The van der Waals surface area contributed by atoms with Crippen LogP contribution in [0.4, 0.5) is 5.69 Å². The summed E-state index contributed by atoms with van der Waals surface area (Å²) in [6, 6.07) is 7.19. The topological polar surface area (TPSA) is 64.3 Å². The van der Waals surface area contributed by atoms with E-state index in [1.54, 1.807) is 12.1 Å². The van der Waals surface area contributed by atoms with Gasteiger partial charge in [-0.2, -0.15) is 0 Å². The Labute approximate surface area is 112 Å². The average molecular weight is 264 g/mol. The highest BCUT2D eigenvalue weighted by molar-refractivity contribution is 7.80. The Hall–Kier alpha value is -1.62. The number of rotatable bonds is 5. The van der Waals surface area contributed by atoms with Crippen LogP contribution in [-0.4, -0.2) is 17.5 Å². The fourth-order valence-electron chi connectivity index (χ4n) is 1.70. The molecule has 0 bridgehead atoms. The molecule has 0 saturated heterocycles. The highest BCUT2D eigenvalue weighted by Crippen LogP contribution is 2.27.